The minimum atomic E-state index is -4.55. The highest BCUT2D eigenvalue weighted by atomic mass is 31.2. The van der Waals surface area contributed by atoms with Crippen molar-refractivity contribution in [3.05, 3.63) is 23.3 Å². The second-order valence-electron chi connectivity index (χ2n) is 5.70. The molecule has 0 aliphatic carbocycles. The highest BCUT2D eigenvalue weighted by molar-refractivity contribution is 7.70. The Kier molecular flexibility index (Phi) is 8.95. The number of allylic oxidation sites excluding steroid dienone is 4. The van der Waals surface area contributed by atoms with Crippen molar-refractivity contribution in [3.8, 4) is 0 Å². The van der Waals surface area contributed by atoms with Crippen LogP contribution < -0.4 is 0 Å². The Bertz CT molecular complexity index is 414. The number of hydrogen-bond donors (Lipinski definition) is 2. The van der Waals surface area contributed by atoms with E-state index in [9.17, 15) is 9.36 Å². The van der Waals surface area contributed by atoms with Crippen molar-refractivity contribution in [3.63, 3.8) is 0 Å². The normalized spacial score (nSPS) is 14.0. The maximum absolute atomic E-state index is 11.2. The van der Waals surface area contributed by atoms with Crippen molar-refractivity contribution in [1.82, 2.24) is 0 Å². The van der Waals surface area contributed by atoms with Gasteiger partial charge in [0.2, 0.25) is 5.52 Å². The molecule has 4 nitrogen and oxygen atoms in total. The molecule has 0 aliphatic heterocycles. The molecule has 0 aromatic carbocycles. The van der Waals surface area contributed by atoms with Gasteiger partial charge < -0.3 is 9.79 Å². The minimum Gasteiger partial charge on any atom is -0.319 e. The summed E-state index contributed by atoms with van der Waals surface area (Å²) in [5.41, 5.74) is 1.69. The van der Waals surface area contributed by atoms with Gasteiger partial charge in [-0.05, 0) is 52.4 Å². The summed E-state index contributed by atoms with van der Waals surface area (Å²) < 4.78 is 10.7. The Morgan fingerprint density at radius 2 is 1.75 bits per heavy atom. The fourth-order valence-electron chi connectivity index (χ4n) is 1.82. The smallest absolute Gasteiger partial charge is 0.319 e. The lowest BCUT2D eigenvalue weighted by Crippen LogP contribution is -2.05. The van der Waals surface area contributed by atoms with Gasteiger partial charge in [0.05, 0.1) is 0 Å². The molecule has 116 valence electrons. The van der Waals surface area contributed by atoms with Gasteiger partial charge in [0.1, 0.15) is 0 Å². The predicted octanol–water partition coefficient (Wildman–Crippen LogP) is 4.19. The van der Waals surface area contributed by atoms with Crippen LogP contribution in [0.4, 0.5) is 0 Å². The second-order valence-corrected chi connectivity index (χ2v) is 7.28. The van der Waals surface area contributed by atoms with E-state index in [0.29, 0.717) is 0 Å². The van der Waals surface area contributed by atoms with Gasteiger partial charge in [0.15, 0.2) is 0 Å². The first kappa shape index (κ1) is 19.3. The summed E-state index contributed by atoms with van der Waals surface area (Å²) in [7, 11) is -4.55. The first-order valence-electron chi connectivity index (χ1n) is 7.01. The number of hydrogen-bond acceptors (Lipinski definition) is 2. The van der Waals surface area contributed by atoms with Crippen molar-refractivity contribution in [2.24, 2.45) is 5.92 Å². The van der Waals surface area contributed by atoms with Crippen LogP contribution in [0.1, 0.15) is 59.8 Å². The van der Waals surface area contributed by atoms with E-state index in [1.54, 1.807) is 0 Å². The molecular weight excluding hydrogens is 275 g/mol. The molecule has 0 heterocycles. The van der Waals surface area contributed by atoms with E-state index in [0.717, 1.165) is 25.7 Å². The topological polar surface area (TPSA) is 74.6 Å². The lowest BCUT2D eigenvalue weighted by molar-refractivity contribution is -0.114. The van der Waals surface area contributed by atoms with E-state index in [-0.39, 0.29) is 12.3 Å². The van der Waals surface area contributed by atoms with Crippen LogP contribution in [-0.2, 0) is 9.36 Å². The lowest BCUT2D eigenvalue weighted by Gasteiger charge is -2.10. The quantitative estimate of drug-likeness (QED) is 0.494. The Morgan fingerprint density at radius 1 is 1.15 bits per heavy atom. The molecule has 1 atom stereocenters. The van der Waals surface area contributed by atoms with E-state index >= 15 is 0 Å². The number of carbonyl (C=O) groups is 1. The predicted molar refractivity (Wildman–Crippen MR) is 82.5 cm³/mol. The van der Waals surface area contributed by atoms with E-state index in [4.69, 9.17) is 9.79 Å². The molecule has 1 unspecified atom stereocenters. The molecule has 0 rings (SSSR count). The Balaban J connectivity index is 4.01. The summed E-state index contributed by atoms with van der Waals surface area (Å²) >= 11 is 0. The fourth-order valence-corrected chi connectivity index (χ4v) is 2.37. The van der Waals surface area contributed by atoms with Gasteiger partial charge in [-0.2, -0.15) is 0 Å². The average molecular weight is 302 g/mol. The average Bonchev–Trinajstić information content (AvgIpc) is 2.26. The molecule has 0 aromatic rings. The Morgan fingerprint density at radius 3 is 2.25 bits per heavy atom. The Hall–Kier alpha value is -0.700. The SMILES string of the molecule is CC(C)=CCCC(C)=CCCC(C)CC(=O)P(=O)(O)O. The molecule has 0 aliphatic rings. The maximum Gasteiger partial charge on any atom is 0.391 e. The first-order valence-corrected chi connectivity index (χ1v) is 8.62. The second kappa shape index (κ2) is 9.28. The zero-order chi connectivity index (χ0) is 15.8. The highest BCUT2D eigenvalue weighted by Crippen LogP contribution is 2.38. The fraction of sp³-hybridized carbons (Fsp3) is 0.667. The molecule has 0 bridgehead atoms. The standard InChI is InChI=1S/C15H27O4P/c1-12(2)7-5-8-13(3)9-6-10-14(4)11-15(16)20(17,18)19/h7,9,14H,5-6,8,10-11H2,1-4H3,(H2,17,18,19). The van der Waals surface area contributed by atoms with Crippen molar-refractivity contribution in [2.45, 2.75) is 59.8 Å². The first-order chi connectivity index (χ1) is 9.12. The van der Waals surface area contributed by atoms with Crippen LogP contribution in [0.15, 0.2) is 23.3 Å². The lowest BCUT2D eigenvalue weighted by atomic mass is 10.0. The van der Waals surface area contributed by atoms with E-state index < -0.39 is 13.1 Å². The summed E-state index contributed by atoms with van der Waals surface area (Å²) in [5.74, 6) is -0.00282. The molecule has 20 heavy (non-hydrogen) atoms. The summed E-state index contributed by atoms with van der Waals surface area (Å²) in [5, 5.41) is 0. The van der Waals surface area contributed by atoms with E-state index in [1.807, 2.05) is 6.92 Å². The highest BCUT2D eigenvalue weighted by Gasteiger charge is 2.26. The van der Waals surface area contributed by atoms with Crippen LogP contribution in [0.25, 0.3) is 0 Å². The van der Waals surface area contributed by atoms with Gasteiger partial charge in [0.25, 0.3) is 0 Å². The van der Waals surface area contributed by atoms with Crippen LogP contribution in [0.3, 0.4) is 0 Å². The number of carbonyl (C=O) groups excluding carboxylic acids is 1. The maximum atomic E-state index is 11.2. The molecular formula is C15H27O4P. The zero-order valence-corrected chi connectivity index (χ0v) is 13.8. The summed E-state index contributed by atoms with van der Waals surface area (Å²) in [6.07, 6.45) is 7.99. The largest absolute Gasteiger partial charge is 0.391 e. The molecule has 2 N–H and O–H groups in total. The van der Waals surface area contributed by atoms with Crippen LogP contribution in [-0.4, -0.2) is 15.3 Å². The summed E-state index contributed by atoms with van der Waals surface area (Å²) in [6, 6.07) is 0. The van der Waals surface area contributed by atoms with Crippen molar-refractivity contribution < 1.29 is 19.1 Å². The Labute approximate surface area is 122 Å². The van der Waals surface area contributed by atoms with Gasteiger partial charge in [-0.15, -0.1) is 0 Å². The van der Waals surface area contributed by atoms with Gasteiger partial charge in [-0.3, -0.25) is 9.36 Å². The third kappa shape index (κ3) is 10.1. The monoisotopic (exact) mass is 302 g/mol. The molecule has 0 saturated carbocycles. The van der Waals surface area contributed by atoms with E-state index in [2.05, 4.69) is 32.9 Å². The van der Waals surface area contributed by atoms with Gasteiger partial charge in [-0.25, -0.2) is 0 Å². The van der Waals surface area contributed by atoms with Crippen LogP contribution >= 0.6 is 7.60 Å². The molecule has 0 saturated heterocycles. The zero-order valence-electron chi connectivity index (χ0n) is 12.9. The van der Waals surface area contributed by atoms with Gasteiger partial charge in [-0.1, -0.05) is 30.2 Å². The van der Waals surface area contributed by atoms with Gasteiger partial charge >= 0.3 is 7.60 Å². The van der Waals surface area contributed by atoms with Crippen LogP contribution in [0.5, 0.6) is 0 Å². The van der Waals surface area contributed by atoms with Crippen LogP contribution in [0.2, 0.25) is 0 Å². The van der Waals surface area contributed by atoms with Crippen molar-refractivity contribution in [1.29, 1.82) is 0 Å². The molecule has 5 heteroatoms. The molecule has 0 radical (unpaired) electrons. The molecule has 0 fully saturated rings. The summed E-state index contributed by atoms with van der Waals surface area (Å²) in [4.78, 5) is 28.7. The van der Waals surface area contributed by atoms with Gasteiger partial charge in [0, 0.05) is 6.42 Å². The molecule has 0 spiro atoms. The van der Waals surface area contributed by atoms with E-state index in [1.165, 1.54) is 11.1 Å². The third-order valence-corrected chi connectivity index (χ3v) is 3.92. The van der Waals surface area contributed by atoms with Crippen LogP contribution in [0, 0.1) is 5.92 Å². The minimum absolute atomic E-state index is 0.00282. The van der Waals surface area contributed by atoms with Crippen molar-refractivity contribution >= 4 is 13.1 Å². The number of rotatable bonds is 9. The third-order valence-electron chi connectivity index (χ3n) is 3.09. The summed E-state index contributed by atoms with van der Waals surface area (Å²) in [6.45, 7) is 8.10. The van der Waals surface area contributed by atoms with Crippen molar-refractivity contribution in [2.75, 3.05) is 0 Å². The molecule has 0 aromatic heterocycles. The molecule has 0 amide bonds.